The highest BCUT2D eigenvalue weighted by Crippen LogP contribution is 2.60. The van der Waals surface area contributed by atoms with E-state index in [-0.39, 0.29) is 17.3 Å². The highest BCUT2D eigenvalue weighted by Gasteiger charge is 2.58. The Balaban J connectivity index is 1.86. The number of rotatable bonds is 3. The fourth-order valence-corrected chi connectivity index (χ4v) is 5.34. The molecule has 4 aliphatic carbocycles. The van der Waals surface area contributed by atoms with Gasteiger partial charge in [-0.1, -0.05) is 6.92 Å². The van der Waals surface area contributed by atoms with E-state index in [2.05, 4.69) is 6.92 Å². The van der Waals surface area contributed by atoms with Gasteiger partial charge in [0.15, 0.2) is 0 Å². The minimum atomic E-state index is -0.314. The van der Waals surface area contributed by atoms with Crippen LogP contribution in [0.4, 0.5) is 0 Å². The van der Waals surface area contributed by atoms with E-state index in [1.807, 2.05) is 0 Å². The lowest BCUT2D eigenvalue weighted by atomic mass is 9.49. The van der Waals surface area contributed by atoms with Crippen molar-refractivity contribution in [2.45, 2.75) is 64.9 Å². The van der Waals surface area contributed by atoms with Gasteiger partial charge in [-0.05, 0) is 70.1 Å². The number of ether oxygens (including phenoxy) is 1. The molecule has 3 heteroatoms. The van der Waals surface area contributed by atoms with Crippen LogP contribution >= 0.6 is 0 Å². The molecule has 0 radical (unpaired) electrons. The molecule has 4 saturated carbocycles. The average Bonchev–Trinajstić information content (AvgIpc) is 2.36. The molecule has 3 nitrogen and oxygen atoms in total. The van der Waals surface area contributed by atoms with Gasteiger partial charge in [-0.15, -0.1) is 0 Å². The number of aliphatic hydroxyl groups excluding tert-OH is 1. The summed E-state index contributed by atoms with van der Waals surface area (Å²) in [4.78, 5) is 12.3. The van der Waals surface area contributed by atoms with Crippen molar-refractivity contribution in [2.75, 3.05) is 0 Å². The monoisotopic (exact) mass is 278 g/mol. The van der Waals surface area contributed by atoms with E-state index in [4.69, 9.17) is 4.74 Å². The summed E-state index contributed by atoms with van der Waals surface area (Å²) in [5.74, 6) is 2.54. The zero-order valence-corrected chi connectivity index (χ0v) is 12.8. The second-order valence-electron chi connectivity index (χ2n) is 7.29. The molecule has 0 aromatic carbocycles. The number of aliphatic hydroxyl groups is 1. The van der Waals surface area contributed by atoms with Crippen LogP contribution in [0, 0.1) is 23.7 Å². The van der Waals surface area contributed by atoms with Crippen LogP contribution in [0.15, 0.2) is 11.3 Å². The molecule has 4 bridgehead atoms. The van der Waals surface area contributed by atoms with Gasteiger partial charge < -0.3 is 9.84 Å². The minimum Gasteiger partial charge on any atom is -0.512 e. The summed E-state index contributed by atoms with van der Waals surface area (Å²) in [7, 11) is 0. The van der Waals surface area contributed by atoms with Crippen LogP contribution in [0.1, 0.15) is 59.3 Å². The van der Waals surface area contributed by atoms with Gasteiger partial charge in [-0.2, -0.15) is 0 Å². The Morgan fingerprint density at radius 2 is 1.80 bits per heavy atom. The van der Waals surface area contributed by atoms with E-state index in [9.17, 15) is 9.90 Å². The average molecular weight is 278 g/mol. The summed E-state index contributed by atoms with van der Waals surface area (Å²) in [5, 5.41) is 9.51. The fourth-order valence-electron chi connectivity index (χ4n) is 5.34. The Labute approximate surface area is 121 Å². The molecule has 0 spiro atoms. The molecule has 20 heavy (non-hydrogen) atoms. The van der Waals surface area contributed by atoms with Gasteiger partial charge in [0, 0.05) is 5.92 Å². The standard InChI is InChI=1S/C17H26O3/c1-4-15-14-6-12-5-13(7-14)9-17(15,8-12)20-16(19)10(2)11(3)18/h12-15,18H,4-9H2,1-3H3. The van der Waals surface area contributed by atoms with Crippen molar-refractivity contribution in [3.63, 3.8) is 0 Å². The summed E-state index contributed by atoms with van der Waals surface area (Å²) in [5.41, 5.74) is 0.118. The largest absolute Gasteiger partial charge is 0.512 e. The van der Waals surface area contributed by atoms with Crippen molar-refractivity contribution in [3.8, 4) is 0 Å². The third kappa shape index (κ3) is 2.06. The lowest BCUT2D eigenvalue weighted by molar-refractivity contribution is -0.205. The lowest BCUT2D eigenvalue weighted by Gasteiger charge is -2.60. The van der Waals surface area contributed by atoms with Crippen LogP contribution in [-0.2, 0) is 9.53 Å². The Hall–Kier alpha value is -0.990. The highest BCUT2D eigenvalue weighted by atomic mass is 16.6. The molecule has 112 valence electrons. The van der Waals surface area contributed by atoms with Gasteiger partial charge in [0.2, 0.25) is 0 Å². The zero-order chi connectivity index (χ0) is 14.5. The van der Waals surface area contributed by atoms with E-state index < -0.39 is 0 Å². The first-order chi connectivity index (χ1) is 9.45. The highest BCUT2D eigenvalue weighted by molar-refractivity contribution is 5.88. The lowest BCUT2D eigenvalue weighted by Crippen LogP contribution is -2.59. The van der Waals surface area contributed by atoms with Crippen molar-refractivity contribution in [1.29, 1.82) is 0 Å². The quantitative estimate of drug-likeness (QED) is 0.482. The fraction of sp³-hybridized carbons (Fsp3) is 0.824. The van der Waals surface area contributed by atoms with E-state index in [0.717, 1.165) is 37.0 Å². The van der Waals surface area contributed by atoms with Crippen LogP contribution in [0.5, 0.6) is 0 Å². The van der Waals surface area contributed by atoms with Crippen LogP contribution in [0.3, 0.4) is 0 Å². The first kappa shape index (κ1) is 14.0. The molecule has 1 N–H and O–H groups in total. The van der Waals surface area contributed by atoms with Gasteiger partial charge in [0.05, 0.1) is 11.3 Å². The number of carbonyl (C=O) groups is 1. The number of carbonyl (C=O) groups excluding carboxylic acids is 1. The van der Waals surface area contributed by atoms with E-state index in [1.165, 1.54) is 19.3 Å². The second-order valence-corrected chi connectivity index (χ2v) is 7.29. The van der Waals surface area contributed by atoms with Gasteiger partial charge in [-0.25, -0.2) is 4.79 Å². The minimum absolute atomic E-state index is 0.0766. The van der Waals surface area contributed by atoms with Gasteiger partial charge in [0.1, 0.15) is 5.60 Å². The van der Waals surface area contributed by atoms with Gasteiger partial charge >= 0.3 is 5.97 Å². The Kier molecular flexibility index (Phi) is 3.34. The molecule has 0 saturated heterocycles. The maximum Gasteiger partial charge on any atom is 0.337 e. The second kappa shape index (κ2) is 4.78. The Morgan fingerprint density at radius 1 is 1.20 bits per heavy atom. The first-order valence-electron chi connectivity index (χ1n) is 8.05. The third-order valence-corrected chi connectivity index (χ3v) is 6.04. The smallest absolute Gasteiger partial charge is 0.337 e. The topological polar surface area (TPSA) is 46.5 Å². The molecule has 3 atom stereocenters. The molecule has 0 heterocycles. The Bertz CT molecular complexity index is 433. The maximum absolute atomic E-state index is 12.3. The van der Waals surface area contributed by atoms with Crippen molar-refractivity contribution in [1.82, 2.24) is 0 Å². The molecule has 4 aliphatic rings. The maximum atomic E-state index is 12.3. The van der Waals surface area contributed by atoms with Crippen LogP contribution in [0.25, 0.3) is 0 Å². The van der Waals surface area contributed by atoms with Crippen LogP contribution < -0.4 is 0 Å². The summed E-state index contributed by atoms with van der Waals surface area (Å²) in [6.45, 7) is 5.43. The SMILES string of the molecule is CCC1C2CC3CC(C2)CC1(OC(=O)C(C)=C(C)O)C3. The number of allylic oxidation sites excluding steroid dienone is 1. The number of hydrogen-bond donors (Lipinski definition) is 1. The summed E-state index contributed by atoms with van der Waals surface area (Å²) >= 11 is 0. The third-order valence-electron chi connectivity index (χ3n) is 6.04. The van der Waals surface area contributed by atoms with E-state index >= 15 is 0 Å². The zero-order valence-electron chi connectivity index (χ0n) is 12.8. The molecular weight excluding hydrogens is 252 g/mol. The van der Waals surface area contributed by atoms with Crippen molar-refractivity contribution in [3.05, 3.63) is 11.3 Å². The molecule has 0 aliphatic heterocycles. The van der Waals surface area contributed by atoms with Crippen molar-refractivity contribution in [2.24, 2.45) is 23.7 Å². The molecule has 0 amide bonds. The molecule has 0 aromatic rings. The van der Waals surface area contributed by atoms with E-state index in [1.54, 1.807) is 13.8 Å². The summed E-state index contributed by atoms with van der Waals surface area (Å²) in [6, 6.07) is 0. The van der Waals surface area contributed by atoms with Gasteiger partial charge in [-0.3, -0.25) is 0 Å². The van der Waals surface area contributed by atoms with Crippen molar-refractivity contribution >= 4 is 5.97 Å². The predicted molar refractivity (Wildman–Crippen MR) is 77.2 cm³/mol. The van der Waals surface area contributed by atoms with Crippen molar-refractivity contribution < 1.29 is 14.6 Å². The normalized spacial score (nSPS) is 43.4. The predicted octanol–water partition coefficient (Wildman–Crippen LogP) is 3.99. The summed E-state index contributed by atoms with van der Waals surface area (Å²) in [6.07, 6.45) is 7.19. The molecular formula is C17H26O3. The van der Waals surface area contributed by atoms with Crippen LogP contribution in [-0.4, -0.2) is 16.7 Å². The Morgan fingerprint density at radius 3 is 2.30 bits per heavy atom. The summed E-state index contributed by atoms with van der Waals surface area (Å²) < 4.78 is 6.02. The first-order valence-corrected chi connectivity index (χ1v) is 8.05. The molecule has 0 aromatic heterocycles. The molecule has 4 fully saturated rings. The molecule has 4 rings (SSSR count). The van der Waals surface area contributed by atoms with E-state index in [0.29, 0.717) is 11.5 Å². The number of esters is 1. The van der Waals surface area contributed by atoms with Crippen LogP contribution in [0.2, 0.25) is 0 Å². The molecule has 3 unspecified atom stereocenters. The van der Waals surface area contributed by atoms with Gasteiger partial charge in [0.25, 0.3) is 0 Å². The number of hydrogen-bond acceptors (Lipinski definition) is 3.